The Morgan fingerprint density at radius 1 is 0.706 bits per heavy atom. The first-order valence-electron chi connectivity index (χ1n) is 14.2. The van der Waals surface area contributed by atoms with E-state index in [1.165, 1.54) is 0 Å². The minimum absolute atomic E-state index is 0.0540. The number of aliphatic hydroxyl groups excluding tert-OH is 3. The fraction of sp³-hybridized carbons (Fsp3) is 1.00. The SMILES string of the molecule is CC1(C)CCC2(CO)CC[C@@]3(C)C4(C)CCC5C(C)(C)C(O)CCC5(C)C4CC(O)C3(O)C2C1. The third-order valence-electron chi connectivity index (χ3n) is 13.9. The molecule has 0 radical (unpaired) electrons. The van der Waals surface area contributed by atoms with E-state index in [4.69, 9.17) is 0 Å². The molecule has 5 rings (SSSR count). The molecule has 0 aliphatic heterocycles. The van der Waals surface area contributed by atoms with Crippen molar-refractivity contribution < 1.29 is 20.4 Å². The fourth-order valence-electron chi connectivity index (χ4n) is 11.4. The van der Waals surface area contributed by atoms with Crippen LogP contribution in [-0.2, 0) is 0 Å². The van der Waals surface area contributed by atoms with Gasteiger partial charge in [0, 0.05) is 12.0 Å². The Hall–Kier alpha value is -0.160. The standard InChI is InChI=1S/C30H52O4/c1-24(2)12-14-29(18-31)15-13-28(7)27(6)11-8-19-25(3,4)22(32)9-10-26(19,5)20(27)16-23(33)30(28,34)21(29)17-24/h19-23,31-34H,8-18H2,1-7H3/t19?,20?,21?,22?,23?,26?,27?,28-,29?,30?/m0/s1. The Bertz CT molecular complexity index is 838. The molecule has 0 aromatic carbocycles. The van der Waals surface area contributed by atoms with Gasteiger partial charge in [-0.3, -0.25) is 0 Å². The van der Waals surface area contributed by atoms with Crippen molar-refractivity contribution in [2.75, 3.05) is 6.61 Å². The summed E-state index contributed by atoms with van der Waals surface area (Å²) in [5.74, 6) is 0.678. The average Bonchev–Trinajstić information content (AvgIpc) is 2.76. The van der Waals surface area contributed by atoms with Crippen LogP contribution in [0.3, 0.4) is 0 Å². The largest absolute Gasteiger partial charge is 0.396 e. The van der Waals surface area contributed by atoms with Gasteiger partial charge in [0.2, 0.25) is 0 Å². The van der Waals surface area contributed by atoms with Crippen molar-refractivity contribution in [1.82, 2.24) is 0 Å². The molecule has 196 valence electrons. The second kappa shape index (κ2) is 7.23. The van der Waals surface area contributed by atoms with Gasteiger partial charge in [0.05, 0.1) is 17.8 Å². The lowest BCUT2D eigenvalue weighted by molar-refractivity contribution is -0.347. The van der Waals surface area contributed by atoms with Crippen LogP contribution in [-0.4, -0.2) is 44.8 Å². The van der Waals surface area contributed by atoms with E-state index in [9.17, 15) is 20.4 Å². The molecular weight excluding hydrogens is 424 g/mol. The molecular formula is C30H52O4. The van der Waals surface area contributed by atoms with E-state index < -0.39 is 17.1 Å². The molecule has 0 aromatic heterocycles. The Balaban J connectivity index is 1.62. The highest BCUT2D eigenvalue weighted by Crippen LogP contribution is 2.77. The third kappa shape index (κ3) is 2.81. The zero-order valence-electron chi connectivity index (χ0n) is 23.0. The molecule has 0 amide bonds. The Morgan fingerprint density at radius 3 is 2.00 bits per heavy atom. The first-order chi connectivity index (χ1) is 15.5. The molecule has 5 aliphatic carbocycles. The molecule has 4 heteroatoms. The van der Waals surface area contributed by atoms with E-state index in [0.29, 0.717) is 18.3 Å². The van der Waals surface area contributed by atoms with Crippen molar-refractivity contribution in [2.45, 2.75) is 130 Å². The van der Waals surface area contributed by atoms with E-state index >= 15 is 0 Å². The van der Waals surface area contributed by atoms with Gasteiger partial charge in [-0.2, -0.15) is 0 Å². The van der Waals surface area contributed by atoms with Crippen molar-refractivity contribution in [3.8, 4) is 0 Å². The van der Waals surface area contributed by atoms with Gasteiger partial charge in [0.15, 0.2) is 0 Å². The Labute approximate surface area is 207 Å². The van der Waals surface area contributed by atoms with E-state index in [0.717, 1.165) is 57.8 Å². The summed E-state index contributed by atoms with van der Waals surface area (Å²) in [6, 6.07) is 0. The molecule has 9 unspecified atom stereocenters. The highest BCUT2D eigenvalue weighted by molar-refractivity contribution is 5.26. The van der Waals surface area contributed by atoms with Gasteiger partial charge < -0.3 is 20.4 Å². The van der Waals surface area contributed by atoms with Crippen LogP contribution in [0.15, 0.2) is 0 Å². The van der Waals surface area contributed by atoms with Gasteiger partial charge in [0.1, 0.15) is 0 Å². The lowest BCUT2D eigenvalue weighted by Gasteiger charge is -2.76. The maximum Gasteiger partial charge on any atom is 0.0998 e. The van der Waals surface area contributed by atoms with Crippen LogP contribution in [0.4, 0.5) is 0 Å². The fourth-order valence-corrected chi connectivity index (χ4v) is 11.4. The normalized spacial score (nSPS) is 58.1. The van der Waals surface area contributed by atoms with Gasteiger partial charge in [-0.15, -0.1) is 0 Å². The lowest BCUT2D eigenvalue weighted by Crippen LogP contribution is -2.78. The zero-order valence-corrected chi connectivity index (χ0v) is 23.0. The van der Waals surface area contributed by atoms with Crippen LogP contribution in [0.5, 0.6) is 0 Å². The summed E-state index contributed by atoms with van der Waals surface area (Å²) in [6.45, 7) is 16.4. The quantitative estimate of drug-likeness (QED) is 0.414. The zero-order chi connectivity index (χ0) is 25.2. The molecule has 4 nitrogen and oxygen atoms in total. The van der Waals surface area contributed by atoms with Crippen LogP contribution < -0.4 is 0 Å². The summed E-state index contributed by atoms with van der Waals surface area (Å²) in [5, 5.41) is 46.5. The number of aliphatic hydroxyl groups is 4. The molecule has 0 aromatic rings. The van der Waals surface area contributed by atoms with Crippen LogP contribution in [0.1, 0.15) is 113 Å². The Morgan fingerprint density at radius 2 is 1.35 bits per heavy atom. The van der Waals surface area contributed by atoms with Crippen molar-refractivity contribution >= 4 is 0 Å². The van der Waals surface area contributed by atoms with Crippen molar-refractivity contribution in [3.63, 3.8) is 0 Å². The van der Waals surface area contributed by atoms with Crippen LogP contribution in [0, 0.1) is 50.2 Å². The maximum atomic E-state index is 12.9. The first-order valence-corrected chi connectivity index (χ1v) is 14.2. The van der Waals surface area contributed by atoms with Gasteiger partial charge in [-0.1, -0.05) is 48.5 Å². The highest BCUT2D eigenvalue weighted by atomic mass is 16.3. The molecule has 5 aliphatic rings. The summed E-state index contributed by atoms with van der Waals surface area (Å²) < 4.78 is 0. The molecule has 0 heterocycles. The minimum Gasteiger partial charge on any atom is -0.396 e. The van der Waals surface area contributed by atoms with Crippen LogP contribution in [0.2, 0.25) is 0 Å². The summed E-state index contributed by atoms with van der Waals surface area (Å²) in [4.78, 5) is 0. The molecule has 5 fully saturated rings. The van der Waals surface area contributed by atoms with Gasteiger partial charge in [-0.25, -0.2) is 0 Å². The summed E-state index contributed by atoms with van der Waals surface area (Å²) >= 11 is 0. The van der Waals surface area contributed by atoms with E-state index in [1.54, 1.807) is 0 Å². The highest BCUT2D eigenvalue weighted by Gasteiger charge is 2.77. The molecule has 0 bridgehead atoms. The topological polar surface area (TPSA) is 80.9 Å². The lowest BCUT2D eigenvalue weighted by atomic mass is 9.29. The second-order valence-electron chi connectivity index (χ2n) is 15.8. The monoisotopic (exact) mass is 476 g/mol. The first kappa shape index (κ1) is 25.5. The molecule has 34 heavy (non-hydrogen) atoms. The minimum atomic E-state index is -1.18. The molecule has 10 atom stereocenters. The van der Waals surface area contributed by atoms with Crippen molar-refractivity contribution in [2.24, 2.45) is 50.2 Å². The predicted molar refractivity (Wildman–Crippen MR) is 135 cm³/mol. The van der Waals surface area contributed by atoms with Crippen LogP contribution >= 0.6 is 0 Å². The summed E-state index contributed by atoms with van der Waals surface area (Å²) in [7, 11) is 0. The van der Waals surface area contributed by atoms with Gasteiger partial charge in [-0.05, 0) is 109 Å². The van der Waals surface area contributed by atoms with Gasteiger partial charge >= 0.3 is 0 Å². The summed E-state index contributed by atoms with van der Waals surface area (Å²) in [5.41, 5.74) is -1.88. The van der Waals surface area contributed by atoms with Crippen molar-refractivity contribution in [3.05, 3.63) is 0 Å². The van der Waals surface area contributed by atoms with Crippen LogP contribution in [0.25, 0.3) is 0 Å². The smallest absolute Gasteiger partial charge is 0.0998 e. The molecule has 4 N–H and O–H groups in total. The molecule has 0 spiro atoms. The maximum absolute atomic E-state index is 12.9. The number of fused-ring (bicyclic) bond motifs is 7. The number of rotatable bonds is 1. The van der Waals surface area contributed by atoms with Crippen molar-refractivity contribution in [1.29, 1.82) is 0 Å². The molecule has 0 saturated heterocycles. The van der Waals surface area contributed by atoms with E-state index in [-0.39, 0.29) is 45.7 Å². The Kier molecular flexibility index (Phi) is 5.42. The van der Waals surface area contributed by atoms with E-state index in [1.807, 2.05) is 0 Å². The van der Waals surface area contributed by atoms with Gasteiger partial charge in [0.25, 0.3) is 0 Å². The number of hydrogen-bond donors (Lipinski definition) is 4. The third-order valence-corrected chi connectivity index (χ3v) is 13.9. The summed E-state index contributed by atoms with van der Waals surface area (Å²) in [6.07, 6.45) is 8.26. The number of hydrogen-bond acceptors (Lipinski definition) is 4. The second-order valence-corrected chi connectivity index (χ2v) is 15.8. The van der Waals surface area contributed by atoms with E-state index in [2.05, 4.69) is 48.5 Å². The predicted octanol–water partition coefficient (Wildman–Crippen LogP) is 5.31. The average molecular weight is 477 g/mol. The molecule has 5 saturated carbocycles.